The quantitative estimate of drug-likeness (QED) is 0.725. The van der Waals surface area contributed by atoms with Gasteiger partial charge in [-0.15, -0.1) is 11.8 Å². The minimum atomic E-state index is -0.167. The van der Waals surface area contributed by atoms with E-state index >= 15 is 0 Å². The van der Waals surface area contributed by atoms with Gasteiger partial charge in [0.1, 0.15) is 0 Å². The molecule has 1 heterocycles. The molecule has 0 aliphatic heterocycles. The normalized spacial score (nSPS) is 12.2. The molecule has 5 heteroatoms. The molecule has 3 nitrogen and oxygen atoms in total. The van der Waals surface area contributed by atoms with Gasteiger partial charge < -0.3 is 5.32 Å². The van der Waals surface area contributed by atoms with Crippen LogP contribution < -0.4 is 5.32 Å². The summed E-state index contributed by atoms with van der Waals surface area (Å²) < 4.78 is 1.08. The Morgan fingerprint density at radius 1 is 1.14 bits per heavy atom. The van der Waals surface area contributed by atoms with E-state index in [0.29, 0.717) is 5.13 Å². The number of para-hydroxylation sites is 1. The Hall–Kier alpha value is -1.85. The van der Waals surface area contributed by atoms with E-state index in [1.165, 1.54) is 11.3 Å². The van der Waals surface area contributed by atoms with Crippen molar-refractivity contribution in [2.24, 2.45) is 0 Å². The fourth-order valence-corrected chi connectivity index (χ4v) is 3.65. The number of fused-ring (bicyclic) bond motifs is 1. The van der Waals surface area contributed by atoms with Crippen LogP contribution in [-0.2, 0) is 4.79 Å². The Kier molecular flexibility index (Phi) is 4.22. The lowest BCUT2D eigenvalue weighted by Crippen LogP contribution is -2.22. The van der Waals surface area contributed by atoms with Crippen molar-refractivity contribution >= 4 is 44.4 Å². The molecular formula is C16H14N2OS2. The monoisotopic (exact) mass is 314 g/mol. The number of benzene rings is 2. The second kappa shape index (κ2) is 6.28. The third-order valence-electron chi connectivity index (χ3n) is 2.95. The Morgan fingerprint density at radius 3 is 2.62 bits per heavy atom. The predicted octanol–water partition coefficient (Wildman–Crippen LogP) is 4.42. The Balaban J connectivity index is 1.68. The number of nitrogens with zero attached hydrogens (tertiary/aromatic N) is 1. The molecule has 3 aromatic rings. The predicted molar refractivity (Wildman–Crippen MR) is 90.0 cm³/mol. The van der Waals surface area contributed by atoms with Crippen LogP contribution in [0.15, 0.2) is 59.5 Å². The highest BCUT2D eigenvalue weighted by Crippen LogP contribution is 2.27. The van der Waals surface area contributed by atoms with Crippen molar-refractivity contribution in [3.05, 3.63) is 54.6 Å². The van der Waals surface area contributed by atoms with Gasteiger partial charge in [-0.05, 0) is 31.2 Å². The number of nitrogens with one attached hydrogen (secondary N) is 1. The van der Waals surface area contributed by atoms with Gasteiger partial charge in [-0.25, -0.2) is 4.98 Å². The minimum absolute atomic E-state index is 0.0251. The lowest BCUT2D eigenvalue weighted by atomic mass is 10.3. The number of aromatic nitrogens is 1. The lowest BCUT2D eigenvalue weighted by molar-refractivity contribution is -0.115. The number of hydrogen-bond acceptors (Lipinski definition) is 4. The van der Waals surface area contributed by atoms with Gasteiger partial charge in [0.25, 0.3) is 0 Å². The lowest BCUT2D eigenvalue weighted by Gasteiger charge is -2.10. The van der Waals surface area contributed by atoms with Gasteiger partial charge in [0.2, 0.25) is 5.91 Å². The molecule has 1 N–H and O–H groups in total. The maximum Gasteiger partial charge on any atom is 0.239 e. The van der Waals surface area contributed by atoms with Crippen LogP contribution in [0.3, 0.4) is 0 Å². The zero-order valence-electron chi connectivity index (χ0n) is 11.4. The van der Waals surface area contributed by atoms with E-state index in [1.54, 1.807) is 11.8 Å². The van der Waals surface area contributed by atoms with Crippen LogP contribution in [0.4, 0.5) is 5.13 Å². The largest absolute Gasteiger partial charge is 0.301 e. The summed E-state index contributed by atoms with van der Waals surface area (Å²) in [5, 5.41) is 3.39. The molecule has 0 saturated heterocycles. The number of thioether (sulfide) groups is 1. The Bertz CT molecular complexity index is 722. The van der Waals surface area contributed by atoms with Crippen molar-refractivity contribution in [1.82, 2.24) is 4.98 Å². The average Bonchev–Trinajstić information content (AvgIpc) is 2.90. The molecule has 2 aromatic carbocycles. The Morgan fingerprint density at radius 2 is 1.86 bits per heavy atom. The van der Waals surface area contributed by atoms with E-state index in [4.69, 9.17) is 0 Å². The molecule has 1 amide bonds. The van der Waals surface area contributed by atoms with Gasteiger partial charge in [-0.3, -0.25) is 4.79 Å². The fourth-order valence-electron chi connectivity index (χ4n) is 1.89. The van der Waals surface area contributed by atoms with E-state index < -0.39 is 0 Å². The molecule has 0 bridgehead atoms. The highest BCUT2D eigenvalue weighted by atomic mass is 32.2. The first-order valence-corrected chi connectivity index (χ1v) is 8.30. The van der Waals surface area contributed by atoms with E-state index in [0.717, 1.165) is 15.1 Å². The average molecular weight is 314 g/mol. The van der Waals surface area contributed by atoms with Gasteiger partial charge >= 0.3 is 0 Å². The zero-order valence-corrected chi connectivity index (χ0v) is 13.1. The third-order valence-corrected chi connectivity index (χ3v) is 5.01. The summed E-state index contributed by atoms with van der Waals surface area (Å²) in [4.78, 5) is 17.7. The highest BCUT2D eigenvalue weighted by Gasteiger charge is 2.16. The number of rotatable bonds is 4. The molecule has 106 valence electrons. The number of thiazole rings is 1. The topological polar surface area (TPSA) is 42.0 Å². The summed E-state index contributed by atoms with van der Waals surface area (Å²) in [6.07, 6.45) is 0. The van der Waals surface area contributed by atoms with Crippen LogP contribution in [0, 0.1) is 0 Å². The molecule has 0 spiro atoms. The molecular weight excluding hydrogens is 300 g/mol. The highest BCUT2D eigenvalue weighted by molar-refractivity contribution is 8.00. The number of hydrogen-bond donors (Lipinski definition) is 1. The summed E-state index contributed by atoms with van der Waals surface area (Å²) in [7, 11) is 0. The molecule has 21 heavy (non-hydrogen) atoms. The number of carbonyl (C=O) groups excluding carboxylic acids is 1. The number of amides is 1. The molecule has 0 saturated carbocycles. The summed E-state index contributed by atoms with van der Waals surface area (Å²) in [6, 6.07) is 17.8. The Labute approximate surface area is 131 Å². The minimum Gasteiger partial charge on any atom is -0.301 e. The molecule has 1 aromatic heterocycles. The van der Waals surface area contributed by atoms with E-state index in [9.17, 15) is 4.79 Å². The van der Waals surface area contributed by atoms with Crippen LogP contribution in [0.2, 0.25) is 0 Å². The van der Waals surface area contributed by atoms with Crippen LogP contribution in [0.5, 0.6) is 0 Å². The van der Waals surface area contributed by atoms with Crippen molar-refractivity contribution in [2.45, 2.75) is 17.1 Å². The summed E-state index contributed by atoms with van der Waals surface area (Å²) >= 11 is 3.04. The SMILES string of the molecule is CC(Sc1ccccc1)C(=O)Nc1nc2ccccc2s1. The zero-order chi connectivity index (χ0) is 14.7. The third kappa shape index (κ3) is 3.43. The second-order valence-electron chi connectivity index (χ2n) is 4.55. The first-order valence-electron chi connectivity index (χ1n) is 6.60. The molecule has 0 radical (unpaired) electrons. The van der Waals surface area contributed by atoms with Crippen LogP contribution >= 0.6 is 23.1 Å². The van der Waals surface area contributed by atoms with Crippen LogP contribution in [-0.4, -0.2) is 16.1 Å². The van der Waals surface area contributed by atoms with Gasteiger partial charge in [0.15, 0.2) is 5.13 Å². The molecule has 1 atom stereocenters. The van der Waals surface area contributed by atoms with Crippen molar-refractivity contribution in [3.8, 4) is 0 Å². The van der Waals surface area contributed by atoms with E-state index in [2.05, 4.69) is 10.3 Å². The van der Waals surface area contributed by atoms with Crippen LogP contribution in [0.1, 0.15) is 6.92 Å². The van der Waals surface area contributed by atoms with Crippen LogP contribution in [0.25, 0.3) is 10.2 Å². The van der Waals surface area contributed by atoms with Gasteiger partial charge in [0, 0.05) is 4.90 Å². The van der Waals surface area contributed by atoms with Crippen molar-refractivity contribution in [3.63, 3.8) is 0 Å². The molecule has 3 rings (SSSR count). The first-order chi connectivity index (χ1) is 10.2. The molecule has 1 unspecified atom stereocenters. The smallest absolute Gasteiger partial charge is 0.239 e. The molecule has 0 fully saturated rings. The summed E-state index contributed by atoms with van der Waals surface area (Å²) in [6.45, 7) is 1.90. The summed E-state index contributed by atoms with van der Waals surface area (Å²) in [5.41, 5.74) is 0.918. The van der Waals surface area contributed by atoms with Gasteiger partial charge in [-0.2, -0.15) is 0 Å². The fraction of sp³-hybridized carbons (Fsp3) is 0.125. The van der Waals surface area contributed by atoms with Gasteiger partial charge in [0.05, 0.1) is 15.5 Å². The number of carbonyl (C=O) groups is 1. The maximum absolute atomic E-state index is 12.2. The van der Waals surface area contributed by atoms with Crippen molar-refractivity contribution in [1.29, 1.82) is 0 Å². The van der Waals surface area contributed by atoms with Crippen molar-refractivity contribution in [2.75, 3.05) is 5.32 Å². The van der Waals surface area contributed by atoms with Gasteiger partial charge in [-0.1, -0.05) is 41.7 Å². The standard InChI is InChI=1S/C16H14N2OS2/c1-11(20-12-7-3-2-4-8-12)15(19)18-16-17-13-9-5-6-10-14(13)21-16/h2-11H,1H3,(H,17,18,19). The molecule has 0 aliphatic rings. The van der Waals surface area contributed by atoms with E-state index in [-0.39, 0.29) is 11.2 Å². The van der Waals surface area contributed by atoms with Crippen molar-refractivity contribution < 1.29 is 4.79 Å². The first kappa shape index (κ1) is 14.1. The number of anilines is 1. The van der Waals surface area contributed by atoms with E-state index in [1.807, 2.05) is 61.5 Å². The maximum atomic E-state index is 12.2. The molecule has 0 aliphatic carbocycles. The second-order valence-corrected chi connectivity index (χ2v) is 6.99. The summed E-state index contributed by atoms with van der Waals surface area (Å²) in [5.74, 6) is -0.0251.